The second-order valence-electron chi connectivity index (χ2n) is 1.88. The molecule has 0 aliphatic rings. The monoisotopic (exact) mass is 232 g/mol. The largest absolute Gasteiger partial charge is 2.00 e. The van der Waals surface area contributed by atoms with Gasteiger partial charge in [0.15, 0.2) is 0 Å². The maximum Gasteiger partial charge on any atom is 2.00 e. The topological polar surface area (TPSA) is 18.5 Å². The zero-order valence-electron chi connectivity index (χ0n) is 7.59. The van der Waals surface area contributed by atoms with E-state index < -0.39 is 0 Å². The van der Waals surface area contributed by atoms with Crippen molar-refractivity contribution in [1.82, 2.24) is 0 Å². The fraction of sp³-hybridized carbons (Fsp3) is 0.250. The fourth-order valence-electron chi connectivity index (χ4n) is 0.728. The Morgan fingerprint density at radius 3 is 1.62 bits per heavy atom. The number of hydrogen-bond donors (Lipinski definition) is 0. The molecule has 0 fully saturated rings. The molecule has 1 aromatic rings. The Balaban J connectivity index is -0.000000333. The molecule has 1 aromatic carbocycles. The minimum Gasteiger partial charge on any atom is -1.00 e. The van der Waals surface area contributed by atoms with Crippen molar-refractivity contribution in [2.24, 2.45) is 0 Å². The van der Waals surface area contributed by atoms with E-state index in [0.29, 0.717) is 0 Å². The van der Waals surface area contributed by atoms with Gasteiger partial charge in [0, 0.05) is 6.07 Å². The van der Waals surface area contributed by atoms with E-state index in [9.17, 15) is 0 Å². The Morgan fingerprint density at radius 2 is 1.31 bits per heavy atom. The molecule has 0 spiro atoms. The van der Waals surface area contributed by atoms with Crippen LogP contribution in [0.1, 0.15) is 0 Å². The van der Waals surface area contributed by atoms with Gasteiger partial charge in [-0.25, -0.2) is 0 Å². The van der Waals surface area contributed by atoms with Crippen molar-refractivity contribution < 1.29 is 34.3 Å². The Bertz CT molecular complexity index is 202. The van der Waals surface area contributed by atoms with E-state index in [1.165, 1.54) is 0 Å². The summed E-state index contributed by atoms with van der Waals surface area (Å²) in [6.45, 7) is 0. The number of hydrogen-bond acceptors (Lipinski definition) is 2. The Kier molecular flexibility index (Phi) is 14.9. The molecule has 2 nitrogen and oxygen atoms in total. The van der Waals surface area contributed by atoms with E-state index in [4.69, 9.17) is 9.47 Å². The zero-order valence-corrected chi connectivity index (χ0v) is 10.5. The zero-order chi connectivity index (χ0) is 7.40. The van der Waals surface area contributed by atoms with Crippen LogP contribution in [-0.2, 0) is 0 Å². The summed E-state index contributed by atoms with van der Waals surface area (Å²) in [6, 6.07) is 7.47. The standard InChI is InChI=1S/C8H10O2.2ClH.Mg/c1-9-7-4-3-5-8(6-7)10-2;;;/h3-6H,1-2H3;2*1H;/q;;;+2/p-2. The van der Waals surface area contributed by atoms with Crippen LogP contribution in [-0.4, -0.2) is 37.3 Å². The van der Waals surface area contributed by atoms with Crippen molar-refractivity contribution >= 4 is 23.1 Å². The second kappa shape index (κ2) is 10.2. The quantitative estimate of drug-likeness (QED) is 0.478. The van der Waals surface area contributed by atoms with Crippen molar-refractivity contribution in [3.05, 3.63) is 24.3 Å². The van der Waals surface area contributed by atoms with Crippen LogP contribution in [0.15, 0.2) is 24.3 Å². The van der Waals surface area contributed by atoms with Crippen LogP contribution in [0.25, 0.3) is 0 Å². The molecular weight excluding hydrogens is 223 g/mol. The summed E-state index contributed by atoms with van der Waals surface area (Å²) < 4.78 is 9.95. The molecule has 70 valence electrons. The average molecular weight is 233 g/mol. The van der Waals surface area contributed by atoms with Crippen molar-refractivity contribution in [2.75, 3.05) is 14.2 Å². The molecule has 0 saturated carbocycles. The maximum absolute atomic E-state index is 4.98. The average Bonchev–Trinajstić information content (AvgIpc) is 2.05. The van der Waals surface area contributed by atoms with Crippen molar-refractivity contribution in [1.29, 1.82) is 0 Å². The summed E-state index contributed by atoms with van der Waals surface area (Å²) in [5.74, 6) is 1.64. The van der Waals surface area contributed by atoms with Crippen molar-refractivity contribution in [3.63, 3.8) is 0 Å². The first-order chi connectivity index (χ1) is 4.86. The van der Waals surface area contributed by atoms with Gasteiger partial charge in [-0.3, -0.25) is 0 Å². The summed E-state index contributed by atoms with van der Waals surface area (Å²) in [6.07, 6.45) is 0. The molecule has 5 heteroatoms. The number of halogens is 2. The summed E-state index contributed by atoms with van der Waals surface area (Å²) in [5, 5.41) is 0. The first-order valence-electron chi connectivity index (χ1n) is 3.05. The normalized spacial score (nSPS) is 6.92. The van der Waals surface area contributed by atoms with Gasteiger partial charge in [-0.1, -0.05) is 6.07 Å². The van der Waals surface area contributed by atoms with Crippen molar-refractivity contribution in [3.8, 4) is 11.5 Å². The molecular formula is C8H10Cl2MgO2. The minimum absolute atomic E-state index is 0. The number of benzene rings is 1. The van der Waals surface area contributed by atoms with Crippen LogP contribution in [0.2, 0.25) is 0 Å². The van der Waals surface area contributed by atoms with Gasteiger partial charge in [-0.15, -0.1) is 0 Å². The van der Waals surface area contributed by atoms with Crippen LogP contribution < -0.4 is 34.3 Å². The van der Waals surface area contributed by atoms with E-state index in [1.54, 1.807) is 14.2 Å². The molecule has 0 aliphatic carbocycles. The maximum atomic E-state index is 4.98. The second-order valence-corrected chi connectivity index (χ2v) is 1.88. The minimum atomic E-state index is 0. The molecule has 0 atom stereocenters. The van der Waals surface area contributed by atoms with Gasteiger partial charge >= 0.3 is 23.1 Å². The molecule has 0 heterocycles. The molecule has 0 aliphatic heterocycles. The van der Waals surface area contributed by atoms with Gasteiger partial charge in [0.05, 0.1) is 14.2 Å². The molecule has 0 amide bonds. The van der Waals surface area contributed by atoms with E-state index in [-0.39, 0.29) is 47.9 Å². The van der Waals surface area contributed by atoms with Gasteiger partial charge in [0.25, 0.3) is 0 Å². The molecule has 0 N–H and O–H groups in total. The third-order valence-electron chi connectivity index (χ3n) is 1.28. The van der Waals surface area contributed by atoms with Gasteiger partial charge < -0.3 is 34.3 Å². The molecule has 0 aromatic heterocycles. The summed E-state index contributed by atoms with van der Waals surface area (Å²) in [7, 11) is 3.27. The summed E-state index contributed by atoms with van der Waals surface area (Å²) in [4.78, 5) is 0. The predicted molar refractivity (Wildman–Crippen MR) is 45.3 cm³/mol. The van der Waals surface area contributed by atoms with Gasteiger partial charge in [-0.05, 0) is 12.1 Å². The van der Waals surface area contributed by atoms with Crippen LogP contribution in [0, 0.1) is 0 Å². The van der Waals surface area contributed by atoms with Crippen LogP contribution in [0.5, 0.6) is 11.5 Å². The fourth-order valence-corrected chi connectivity index (χ4v) is 0.728. The Hall–Kier alpha value is 0.166. The van der Waals surface area contributed by atoms with Crippen LogP contribution >= 0.6 is 0 Å². The molecule has 0 unspecified atom stereocenters. The van der Waals surface area contributed by atoms with Gasteiger partial charge in [0.1, 0.15) is 11.5 Å². The Morgan fingerprint density at radius 1 is 0.923 bits per heavy atom. The summed E-state index contributed by atoms with van der Waals surface area (Å²) in [5.41, 5.74) is 0. The molecule has 0 bridgehead atoms. The number of methoxy groups -OCH3 is 2. The molecule has 0 saturated heterocycles. The third kappa shape index (κ3) is 6.27. The third-order valence-corrected chi connectivity index (χ3v) is 1.28. The first kappa shape index (κ1) is 18.9. The number of rotatable bonds is 2. The van der Waals surface area contributed by atoms with E-state index in [1.807, 2.05) is 24.3 Å². The van der Waals surface area contributed by atoms with E-state index >= 15 is 0 Å². The van der Waals surface area contributed by atoms with Crippen LogP contribution in [0.3, 0.4) is 0 Å². The van der Waals surface area contributed by atoms with Crippen LogP contribution in [0.4, 0.5) is 0 Å². The van der Waals surface area contributed by atoms with Crippen molar-refractivity contribution in [2.45, 2.75) is 0 Å². The number of ether oxygens (including phenoxy) is 2. The molecule has 13 heavy (non-hydrogen) atoms. The first-order valence-corrected chi connectivity index (χ1v) is 3.05. The summed E-state index contributed by atoms with van der Waals surface area (Å²) >= 11 is 0. The Labute approximate surface area is 107 Å². The SMILES string of the molecule is COc1cccc(OC)c1.[Cl-].[Cl-].[Mg+2]. The molecule has 0 radical (unpaired) electrons. The smallest absolute Gasteiger partial charge is 1.00 e. The predicted octanol–water partition coefficient (Wildman–Crippen LogP) is -4.67. The molecule has 1 rings (SSSR count). The van der Waals surface area contributed by atoms with E-state index in [0.717, 1.165) is 11.5 Å². The van der Waals surface area contributed by atoms with E-state index in [2.05, 4.69) is 0 Å². The van der Waals surface area contributed by atoms with Gasteiger partial charge in [0.2, 0.25) is 0 Å². The van der Waals surface area contributed by atoms with Gasteiger partial charge in [-0.2, -0.15) is 0 Å².